The van der Waals surface area contributed by atoms with E-state index in [1.807, 2.05) is 0 Å². The van der Waals surface area contributed by atoms with Crippen molar-refractivity contribution in [3.63, 3.8) is 0 Å². The van der Waals surface area contributed by atoms with Crippen molar-refractivity contribution in [2.24, 2.45) is 0 Å². The summed E-state index contributed by atoms with van der Waals surface area (Å²) in [5.41, 5.74) is 0.388. The van der Waals surface area contributed by atoms with Crippen molar-refractivity contribution in [1.29, 1.82) is 0 Å². The third kappa shape index (κ3) is 3.89. The van der Waals surface area contributed by atoms with Crippen molar-refractivity contribution in [2.75, 3.05) is 6.54 Å². The largest absolute Gasteiger partial charge is 0.386 e. The predicted octanol–water partition coefficient (Wildman–Crippen LogP) is 1.54. The van der Waals surface area contributed by atoms with Crippen molar-refractivity contribution in [3.8, 4) is 0 Å². The molecule has 15 heavy (non-hydrogen) atoms. The molecule has 0 bridgehead atoms. The van der Waals surface area contributed by atoms with E-state index < -0.39 is 18.3 Å². The van der Waals surface area contributed by atoms with E-state index in [1.54, 1.807) is 18.2 Å². The minimum atomic E-state index is -2.78. The fourth-order valence-corrected chi connectivity index (χ4v) is 1.09. The van der Waals surface area contributed by atoms with Gasteiger partial charge in [0.25, 0.3) is 6.43 Å². The van der Waals surface area contributed by atoms with Crippen LogP contribution in [0.25, 0.3) is 0 Å². The smallest absolute Gasteiger partial charge is 0.265 e. The molecule has 2 N–H and O–H groups in total. The monoisotopic (exact) mass is 219 g/mol. The lowest BCUT2D eigenvalue weighted by molar-refractivity contribution is -0.00343. The number of hydrogen-bond donors (Lipinski definition) is 2. The molecule has 1 atom stereocenters. The Morgan fingerprint density at radius 3 is 2.53 bits per heavy atom. The van der Waals surface area contributed by atoms with Gasteiger partial charge in [0, 0.05) is 18.7 Å². The number of aliphatic hydroxyl groups is 1. The standard InChI is InChI=1S/C10H12F3NO/c11-8-4-2-1-3-7(8)5-14-6-9(15)10(12)13/h1-4,9-10,14-15H,5-6H2. The first-order valence-corrected chi connectivity index (χ1v) is 4.51. The summed E-state index contributed by atoms with van der Waals surface area (Å²) in [7, 11) is 0. The summed E-state index contributed by atoms with van der Waals surface area (Å²) in [6.07, 6.45) is -4.49. The van der Waals surface area contributed by atoms with Crippen molar-refractivity contribution in [2.45, 2.75) is 19.1 Å². The van der Waals surface area contributed by atoms with Crippen LogP contribution in [0.3, 0.4) is 0 Å². The van der Waals surface area contributed by atoms with E-state index >= 15 is 0 Å². The van der Waals surface area contributed by atoms with Crippen LogP contribution in [0.2, 0.25) is 0 Å². The number of nitrogens with one attached hydrogen (secondary N) is 1. The van der Waals surface area contributed by atoms with Crippen LogP contribution in [0.5, 0.6) is 0 Å². The molecule has 0 aliphatic carbocycles. The number of rotatable bonds is 5. The van der Waals surface area contributed by atoms with Gasteiger partial charge in [-0.1, -0.05) is 18.2 Å². The van der Waals surface area contributed by atoms with Crippen LogP contribution < -0.4 is 5.32 Å². The highest BCUT2D eigenvalue weighted by molar-refractivity contribution is 5.16. The molecule has 0 saturated carbocycles. The van der Waals surface area contributed by atoms with Crippen LogP contribution >= 0.6 is 0 Å². The van der Waals surface area contributed by atoms with Crippen LogP contribution in [0, 0.1) is 5.82 Å². The normalized spacial score (nSPS) is 13.1. The molecular formula is C10H12F3NO. The number of aliphatic hydroxyl groups excluding tert-OH is 1. The fraction of sp³-hybridized carbons (Fsp3) is 0.400. The van der Waals surface area contributed by atoms with Crippen LogP contribution in [0.1, 0.15) is 5.56 Å². The molecule has 0 fully saturated rings. The van der Waals surface area contributed by atoms with E-state index in [4.69, 9.17) is 5.11 Å². The van der Waals surface area contributed by atoms with Gasteiger partial charge in [-0.05, 0) is 6.07 Å². The highest BCUT2D eigenvalue weighted by Gasteiger charge is 2.15. The van der Waals surface area contributed by atoms with Gasteiger partial charge in [0.05, 0.1) is 0 Å². The highest BCUT2D eigenvalue weighted by atomic mass is 19.3. The summed E-state index contributed by atoms with van der Waals surface area (Å²) in [6, 6.07) is 6.05. The zero-order valence-corrected chi connectivity index (χ0v) is 7.96. The average Bonchev–Trinajstić information content (AvgIpc) is 2.20. The molecule has 1 rings (SSSR count). The van der Waals surface area contributed by atoms with Crippen LogP contribution in [0.4, 0.5) is 13.2 Å². The molecule has 0 spiro atoms. The molecular weight excluding hydrogens is 207 g/mol. The van der Waals surface area contributed by atoms with E-state index in [1.165, 1.54) is 6.07 Å². The lowest BCUT2D eigenvalue weighted by Crippen LogP contribution is -2.31. The minimum Gasteiger partial charge on any atom is -0.386 e. The number of halogens is 3. The van der Waals surface area contributed by atoms with Crippen molar-refractivity contribution in [1.82, 2.24) is 5.32 Å². The summed E-state index contributed by atoms with van der Waals surface area (Å²) in [5.74, 6) is -0.392. The Labute approximate surface area is 85.7 Å². The van der Waals surface area contributed by atoms with Gasteiger partial charge in [-0.25, -0.2) is 13.2 Å². The number of hydrogen-bond acceptors (Lipinski definition) is 2. The average molecular weight is 219 g/mol. The summed E-state index contributed by atoms with van der Waals surface area (Å²) in [5, 5.41) is 11.3. The summed E-state index contributed by atoms with van der Waals surface area (Å²) in [4.78, 5) is 0. The van der Waals surface area contributed by atoms with Gasteiger partial charge >= 0.3 is 0 Å². The second-order valence-electron chi connectivity index (χ2n) is 3.12. The maximum atomic E-state index is 13.0. The maximum Gasteiger partial charge on any atom is 0.265 e. The van der Waals surface area contributed by atoms with Crippen LogP contribution in [-0.2, 0) is 6.54 Å². The molecule has 0 aliphatic heterocycles. The van der Waals surface area contributed by atoms with Gasteiger partial charge in [-0.3, -0.25) is 0 Å². The molecule has 1 aromatic carbocycles. The van der Waals surface area contributed by atoms with Crippen LogP contribution in [-0.4, -0.2) is 24.2 Å². The lowest BCUT2D eigenvalue weighted by atomic mass is 10.2. The first-order chi connectivity index (χ1) is 7.11. The molecule has 2 nitrogen and oxygen atoms in total. The molecule has 0 aliphatic rings. The molecule has 1 unspecified atom stereocenters. The Hall–Kier alpha value is -1.07. The van der Waals surface area contributed by atoms with Crippen molar-refractivity contribution in [3.05, 3.63) is 35.6 Å². The van der Waals surface area contributed by atoms with Gasteiger partial charge in [-0.2, -0.15) is 0 Å². The number of alkyl halides is 2. The molecule has 0 heterocycles. The van der Waals surface area contributed by atoms with E-state index in [0.717, 1.165) is 0 Å². The Morgan fingerprint density at radius 2 is 1.93 bits per heavy atom. The Morgan fingerprint density at radius 1 is 1.27 bits per heavy atom. The van der Waals surface area contributed by atoms with Gasteiger partial charge in [0.1, 0.15) is 11.9 Å². The third-order valence-corrected chi connectivity index (χ3v) is 1.92. The van der Waals surface area contributed by atoms with E-state index in [2.05, 4.69) is 5.32 Å². The maximum absolute atomic E-state index is 13.0. The third-order valence-electron chi connectivity index (χ3n) is 1.92. The molecule has 5 heteroatoms. The van der Waals surface area contributed by atoms with Gasteiger partial charge in [-0.15, -0.1) is 0 Å². The molecule has 84 valence electrons. The Balaban J connectivity index is 2.35. The summed E-state index contributed by atoms with van der Waals surface area (Å²) in [6.45, 7) is -0.136. The molecule has 0 radical (unpaired) electrons. The van der Waals surface area contributed by atoms with Crippen LogP contribution in [0.15, 0.2) is 24.3 Å². The topological polar surface area (TPSA) is 32.3 Å². The quantitative estimate of drug-likeness (QED) is 0.787. The van der Waals surface area contributed by atoms with Crippen molar-refractivity contribution >= 4 is 0 Å². The van der Waals surface area contributed by atoms with Gasteiger partial charge in [0.2, 0.25) is 0 Å². The fourth-order valence-electron chi connectivity index (χ4n) is 1.09. The van der Waals surface area contributed by atoms with E-state index in [-0.39, 0.29) is 13.1 Å². The molecule has 0 amide bonds. The second kappa shape index (κ2) is 5.72. The summed E-state index contributed by atoms with van der Waals surface area (Å²) < 4.78 is 36.8. The second-order valence-corrected chi connectivity index (χ2v) is 3.12. The van der Waals surface area contributed by atoms with E-state index in [9.17, 15) is 13.2 Å². The summed E-state index contributed by atoms with van der Waals surface area (Å²) >= 11 is 0. The first kappa shape index (κ1) is 12.0. The van der Waals surface area contributed by atoms with E-state index in [0.29, 0.717) is 5.56 Å². The predicted molar refractivity (Wildman–Crippen MR) is 50.1 cm³/mol. The zero-order chi connectivity index (χ0) is 11.3. The highest BCUT2D eigenvalue weighted by Crippen LogP contribution is 2.06. The zero-order valence-electron chi connectivity index (χ0n) is 7.96. The molecule has 0 saturated heterocycles. The van der Waals surface area contributed by atoms with Gasteiger partial charge in [0.15, 0.2) is 0 Å². The Kier molecular flexibility index (Phi) is 4.58. The minimum absolute atomic E-state index is 0.121. The number of benzene rings is 1. The van der Waals surface area contributed by atoms with Gasteiger partial charge < -0.3 is 10.4 Å². The first-order valence-electron chi connectivity index (χ1n) is 4.51. The Bertz CT molecular complexity index is 306. The SMILES string of the molecule is OC(CNCc1ccccc1F)C(F)F. The molecule has 0 aromatic heterocycles. The lowest BCUT2D eigenvalue weighted by Gasteiger charge is -2.10. The van der Waals surface area contributed by atoms with Crippen molar-refractivity contribution < 1.29 is 18.3 Å². The molecule has 1 aromatic rings.